The first-order valence-electron chi connectivity index (χ1n) is 9.08. The van der Waals surface area contributed by atoms with Crippen molar-refractivity contribution in [1.29, 1.82) is 0 Å². The van der Waals surface area contributed by atoms with Crippen molar-refractivity contribution in [2.45, 2.75) is 26.2 Å². The average Bonchev–Trinajstić information content (AvgIpc) is 2.93. The van der Waals surface area contributed by atoms with Crippen molar-refractivity contribution in [2.24, 2.45) is 5.10 Å². The predicted molar refractivity (Wildman–Crippen MR) is 99.6 cm³/mol. The largest absolute Gasteiger partial charge is 0.496 e. The number of aryl methyl sites for hydroxylation is 1. The summed E-state index contributed by atoms with van der Waals surface area (Å²) in [6, 6.07) is 5.53. The van der Waals surface area contributed by atoms with Gasteiger partial charge in [0.1, 0.15) is 11.5 Å². The van der Waals surface area contributed by atoms with Gasteiger partial charge in [0, 0.05) is 39.0 Å². The van der Waals surface area contributed by atoms with E-state index in [1.54, 1.807) is 23.0 Å². The smallest absolute Gasteiger partial charge is 0.270 e. The highest BCUT2D eigenvalue weighted by Crippen LogP contribution is 2.22. The van der Waals surface area contributed by atoms with E-state index in [2.05, 4.69) is 10.5 Å². The number of amides is 3. The van der Waals surface area contributed by atoms with Gasteiger partial charge in [0.25, 0.3) is 11.8 Å². The second-order valence-electron chi connectivity index (χ2n) is 6.74. The molecule has 0 radical (unpaired) electrons. The molecule has 3 rings (SSSR count). The van der Waals surface area contributed by atoms with Crippen LogP contribution in [0.15, 0.2) is 23.3 Å². The van der Waals surface area contributed by atoms with Gasteiger partial charge < -0.3 is 14.5 Å². The number of carbonyl (C=O) groups is 3. The molecule has 2 heterocycles. The van der Waals surface area contributed by atoms with Crippen LogP contribution in [0.5, 0.6) is 5.75 Å². The van der Waals surface area contributed by atoms with E-state index in [1.807, 2.05) is 19.1 Å². The number of carbonyl (C=O) groups excluding carboxylic acids is 3. The van der Waals surface area contributed by atoms with Crippen LogP contribution in [0.2, 0.25) is 0 Å². The van der Waals surface area contributed by atoms with Crippen LogP contribution < -0.4 is 10.2 Å². The van der Waals surface area contributed by atoms with Gasteiger partial charge in [-0.15, -0.1) is 0 Å². The molecule has 3 amide bonds. The first kappa shape index (κ1) is 18.9. The zero-order valence-electron chi connectivity index (χ0n) is 15.7. The second kappa shape index (κ2) is 8.20. The number of ether oxygens (including phenoxy) is 1. The number of nitrogens with one attached hydrogen (secondary N) is 1. The van der Waals surface area contributed by atoms with Gasteiger partial charge in [0.15, 0.2) is 0 Å². The number of rotatable bonds is 3. The third-order valence-corrected chi connectivity index (χ3v) is 4.81. The molecular formula is C19H24N4O4. The normalized spacial score (nSPS) is 17.7. The van der Waals surface area contributed by atoms with Crippen LogP contribution in [0.1, 0.15) is 35.2 Å². The zero-order chi connectivity index (χ0) is 19.4. The molecule has 0 spiro atoms. The molecule has 1 N–H and O–H groups in total. The molecule has 0 saturated carbocycles. The van der Waals surface area contributed by atoms with Crippen LogP contribution in [-0.4, -0.2) is 66.5 Å². The Morgan fingerprint density at radius 2 is 1.78 bits per heavy atom. The molecule has 0 bridgehead atoms. The lowest BCUT2D eigenvalue weighted by atomic mass is 10.1. The van der Waals surface area contributed by atoms with Crippen molar-refractivity contribution in [3.05, 3.63) is 29.3 Å². The van der Waals surface area contributed by atoms with E-state index in [-0.39, 0.29) is 24.1 Å². The summed E-state index contributed by atoms with van der Waals surface area (Å²) in [4.78, 5) is 40.3. The zero-order valence-corrected chi connectivity index (χ0v) is 15.7. The number of hydrazone groups is 1. The Kier molecular flexibility index (Phi) is 5.73. The predicted octanol–water partition coefficient (Wildman–Crippen LogP) is 0.944. The van der Waals surface area contributed by atoms with Crippen molar-refractivity contribution >= 4 is 23.4 Å². The van der Waals surface area contributed by atoms with Crippen LogP contribution in [0.4, 0.5) is 0 Å². The highest BCUT2D eigenvalue weighted by atomic mass is 16.5. The maximum atomic E-state index is 13.0. The van der Waals surface area contributed by atoms with Gasteiger partial charge in [-0.25, -0.2) is 5.43 Å². The maximum Gasteiger partial charge on any atom is 0.270 e. The fourth-order valence-corrected chi connectivity index (χ4v) is 3.29. The quantitative estimate of drug-likeness (QED) is 0.855. The molecule has 0 aliphatic carbocycles. The minimum atomic E-state index is -0.175. The topological polar surface area (TPSA) is 91.3 Å². The number of hydrogen-bond acceptors (Lipinski definition) is 5. The molecule has 2 aliphatic heterocycles. The molecule has 1 aromatic rings. The first-order chi connectivity index (χ1) is 13.0. The van der Waals surface area contributed by atoms with Crippen LogP contribution in [0.3, 0.4) is 0 Å². The summed E-state index contributed by atoms with van der Waals surface area (Å²) >= 11 is 0. The second-order valence-corrected chi connectivity index (χ2v) is 6.74. The summed E-state index contributed by atoms with van der Waals surface area (Å²) in [7, 11) is 1.55. The molecule has 0 unspecified atom stereocenters. The molecule has 2 aliphatic rings. The van der Waals surface area contributed by atoms with Gasteiger partial charge in [-0.2, -0.15) is 5.10 Å². The Morgan fingerprint density at radius 1 is 1.07 bits per heavy atom. The van der Waals surface area contributed by atoms with E-state index in [0.717, 1.165) is 5.56 Å². The maximum absolute atomic E-state index is 13.0. The number of nitrogens with zero attached hydrogens (tertiary/aromatic N) is 3. The van der Waals surface area contributed by atoms with Crippen LogP contribution in [-0.2, 0) is 9.59 Å². The summed E-state index contributed by atoms with van der Waals surface area (Å²) < 4.78 is 5.33. The summed E-state index contributed by atoms with van der Waals surface area (Å²) in [5, 5.41) is 3.88. The van der Waals surface area contributed by atoms with Gasteiger partial charge >= 0.3 is 0 Å². The van der Waals surface area contributed by atoms with Gasteiger partial charge in [-0.1, -0.05) is 11.6 Å². The van der Waals surface area contributed by atoms with E-state index in [4.69, 9.17) is 4.74 Å². The molecule has 8 nitrogen and oxygen atoms in total. The van der Waals surface area contributed by atoms with Crippen LogP contribution >= 0.6 is 0 Å². The Labute approximate surface area is 158 Å². The molecule has 1 saturated heterocycles. The SMILES string of the molecule is COc1ccc(C)cc1C(=O)N1CCCN(C(=O)C2=NNC(=O)CC2)CC1. The first-order valence-corrected chi connectivity index (χ1v) is 9.08. The van der Waals surface area contributed by atoms with Crippen molar-refractivity contribution in [2.75, 3.05) is 33.3 Å². The molecule has 0 atom stereocenters. The monoisotopic (exact) mass is 372 g/mol. The Balaban J connectivity index is 1.68. The van der Waals surface area contributed by atoms with Crippen LogP contribution in [0.25, 0.3) is 0 Å². The lowest BCUT2D eigenvalue weighted by Crippen LogP contribution is -2.42. The summed E-state index contributed by atoms with van der Waals surface area (Å²) in [6.45, 7) is 3.94. The average molecular weight is 372 g/mol. The molecule has 144 valence electrons. The third kappa shape index (κ3) is 4.27. The van der Waals surface area contributed by atoms with Gasteiger partial charge in [0.2, 0.25) is 5.91 Å². The summed E-state index contributed by atoms with van der Waals surface area (Å²) in [5.41, 5.74) is 4.25. The lowest BCUT2D eigenvalue weighted by molar-refractivity contribution is -0.124. The van der Waals surface area contributed by atoms with Crippen molar-refractivity contribution < 1.29 is 19.1 Å². The van der Waals surface area contributed by atoms with Gasteiger partial charge in [-0.3, -0.25) is 14.4 Å². The minimum absolute atomic E-state index is 0.0906. The fraction of sp³-hybridized carbons (Fsp3) is 0.474. The molecular weight excluding hydrogens is 348 g/mol. The van der Waals surface area contributed by atoms with E-state index in [9.17, 15) is 14.4 Å². The van der Waals surface area contributed by atoms with Crippen LogP contribution in [0, 0.1) is 6.92 Å². The van der Waals surface area contributed by atoms with Gasteiger partial charge in [0.05, 0.1) is 12.7 Å². The standard InChI is InChI=1S/C19H24N4O4/c1-13-4-6-16(27-2)14(12-13)18(25)22-8-3-9-23(11-10-22)19(26)15-5-7-17(24)21-20-15/h4,6,12H,3,5,7-11H2,1-2H3,(H,21,24). The Morgan fingerprint density at radius 3 is 2.41 bits per heavy atom. The van der Waals surface area contributed by atoms with Crippen molar-refractivity contribution in [3.63, 3.8) is 0 Å². The number of methoxy groups -OCH3 is 1. The molecule has 0 aromatic heterocycles. The molecule has 1 fully saturated rings. The van der Waals surface area contributed by atoms with Gasteiger partial charge in [-0.05, 0) is 25.5 Å². The highest BCUT2D eigenvalue weighted by Gasteiger charge is 2.28. The van der Waals surface area contributed by atoms with E-state index in [1.165, 1.54) is 0 Å². The summed E-state index contributed by atoms with van der Waals surface area (Å²) in [5.74, 6) is 0.117. The minimum Gasteiger partial charge on any atom is -0.496 e. The fourth-order valence-electron chi connectivity index (χ4n) is 3.29. The van der Waals surface area contributed by atoms with E-state index < -0.39 is 0 Å². The Hall–Kier alpha value is -2.90. The molecule has 27 heavy (non-hydrogen) atoms. The Bertz CT molecular complexity index is 790. The van der Waals surface area contributed by atoms with E-state index >= 15 is 0 Å². The summed E-state index contributed by atoms with van der Waals surface area (Å²) in [6.07, 6.45) is 1.31. The van der Waals surface area contributed by atoms with E-state index in [0.29, 0.717) is 56.0 Å². The highest BCUT2D eigenvalue weighted by molar-refractivity contribution is 6.39. The van der Waals surface area contributed by atoms with Crippen molar-refractivity contribution in [3.8, 4) is 5.75 Å². The lowest BCUT2D eigenvalue weighted by Gasteiger charge is -2.24. The third-order valence-electron chi connectivity index (χ3n) is 4.81. The molecule has 8 heteroatoms. The number of benzene rings is 1. The molecule has 1 aromatic carbocycles. The number of hydrogen-bond donors (Lipinski definition) is 1. The van der Waals surface area contributed by atoms with Crippen molar-refractivity contribution in [1.82, 2.24) is 15.2 Å².